The Bertz CT molecular complexity index is 137. The van der Waals surface area contributed by atoms with Crippen LogP contribution in [-0.4, -0.2) is 0 Å². The minimum atomic E-state index is 1.05. The molecule has 0 spiro atoms. The number of hydrogen-bond acceptors (Lipinski definition) is 0. The first kappa shape index (κ1) is 12.1. The standard InChI is InChI=1S/C11H20.C3H8/c1-9-5-4-7-10-6-2-3-8-11(9)10;1-3-2/h9-11H,2-8H2,1H3;3H2,1-2H3. The van der Waals surface area contributed by atoms with Crippen molar-refractivity contribution in [1.82, 2.24) is 0 Å². The van der Waals surface area contributed by atoms with Gasteiger partial charge in [0.15, 0.2) is 0 Å². The molecule has 14 heavy (non-hydrogen) atoms. The van der Waals surface area contributed by atoms with Gasteiger partial charge >= 0.3 is 0 Å². The maximum Gasteiger partial charge on any atom is -0.0360 e. The van der Waals surface area contributed by atoms with E-state index in [4.69, 9.17) is 0 Å². The van der Waals surface area contributed by atoms with E-state index in [1.54, 1.807) is 19.3 Å². The molecule has 2 aliphatic rings. The molecule has 0 heterocycles. The van der Waals surface area contributed by atoms with E-state index in [2.05, 4.69) is 20.8 Å². The fourth-order valence-corrected chi connectivity index (χ4v) is 3.26. The lowest BCUT2D eigenvalue weighted by Gasteiger charge is -2.39. The Balaban J connectivity index is 0.000000293. The minimum Gasteiger partial charge on any atom is -0.0656 e. The van der Waals surface area contributed by atoms with Crippen molar-refractivity contribution in [3.8, 4) is 0 Å². The lowest BCUT2D eigenvalue weighted by molar-refractivity contribution is 0.114. The van der Waals surface area contributed by atoms with Gasteiger partial charge in [0.05, 0.1) is 0 Å². The number of fused-ring (bicyclic) bond motifs is 1. The zero-order valence-corrected chi connectivity index (χ0v) is 10.4. The largest absolute Gasteiger partial charge is 0.0656 e. The van der Waals surface area contributed by atoms with Gasteiger partial charge in [-0.1, -0.05) is 65.7 Å². The van der Waals surface area contributed by atoms with Crippen LogP contribution in [0, 0.1) is 17.8 Å². The summed E-state index contributed by atoms with van der Waals surface area (Å²) in [6, 6.07) is 0. The van der Waals surface area contributed by atoms with E-state index in [0.717, 1.165) is 17.8 Å². The summed E-state index contributed by atoms with van der Waals surface area (Å²) in [5.74, 6) is 3.30. The molecule has 0 nitrogen and oxygen atoms in total. The molecule has 0 N–H and O–H groups in total. The molecule has 0 saturated heterocycles. The van der Waals surface area contributed by atoms with E-state index in [0.29, 0.717) is 0 Å². The topological polar surface area (TPSA) is 0 Å². The van der Waals surface area contributed by atoms with Gasteiger partial charge in [-0.2, -0.15) is 0 Å². The van der Waals surface area contributed by atoms with Crippen molar-refractivity contribution in [3.63, 3.8) is 0 Å². The highest BCUT2D eigenvalue weighted by Crippen LogP contribution is 2.43. The summed E-state index contributed by atoms with van der Waals surface area (Å²) in [5.41, 5.74) is 0. The van der Waals surface area contributed by atoms with E-state index >= 15 is 0 Å². The summed E-state index contributed by atoms with van der Waals surface area (Å²) in [6.45, 7) is 6.72. The molecule has 3 atom stereocenters. The normalized spacial score (nSPS) is 36.6. The van der Waals surface area contributed by atoms with E-state index in [-0.39, 0.29) is 0 Å². The molecule has 0 heteroatoms. The van der Waals surface area contributed by atoms with Gasteiger partial charge in [0.1, 0.15) is 0 Å². The molecule has 2 aliphatic carbocycles. The fraction of sp³-hybridized carbons (Fsp3) is 1.00. The Morgan fingerprint density at radius 3 is 2.07 bits per heavy atom. The average Bonchev–Trinajstić information content (AvgIpc) is 2.20. The third-order valence-corrected chi connectivity index (χ3v) is 3.93. The lowest BCUT2D eigenvalue weighted by Crippen LogP contribution is -2.29. The van der Waals surface area contributed by atoms with Gasteiger partial charge in [-0.05, 0) is 24.2 Å². The van der Waals surface area contributed by atoms with Gasteiger partial charge in [-0.3, -0.25) is 0 Å². The van der Waals surface area contributed by atoms with Crippen molar-refractivity contribution in [3.05, 3.63) is 0 Å². The zero-order valence-electron chi connectivity index (χ0n) is 10.4. The molecule has 0 radical (unpaired) electrons. The minimum absolute atomic E-state index is 1.05. The summed E-state index contributed by atoms with van der Waals surface area (Å²) in [5, 5.41) is 0. The molecule has 0 amide bonds. The summed E-state index contributed by atoms with van der Waals surface area (Å²) in [7, 11) is 0. The molecule has 84 valence electrons. The molecule has 2 saturated carbocycles. The van der Waals surface area contributed by atoms with Gasteiger partial charge < -0.3 is 0 Å². The Hall–Kier alpha value is 0. The van der Waals surface area contributed by atoms with Crippen LogP contribution in [0.5, 0.6) is 0 Å². The van der Waals surface area contributed by atoms with Crippen LogP contribution in [0.25, 0.3) is 0 Å². The molecule has 0 aromatic rings. The average molecular weight is 196 g/mol. The van der Waals surface area contributed by atoms with Crippen LogP contribution < -0.4 is 0 Å². The molecular weight excluding hydrogens is 168 g/mol. The molecule has 3 unspecified atom stereocenters. The SMILES string of the molecule is CC1CCCC2CCCCC12.CCC. The van der Waals surface area contributed by atoms with Crippen LogP contribution in [0.3, 0.4) is 0 Å². The van der Waals surface area contributed by atoms with Gasteiger partial charge in [0, 0.05) is 0 Å². The second-order valence-corrected chi connectivity index (χ2v) is 5.32. The highest BCUT2D eigenvalue weighted by molar-refractivity contribution is 4.82. The number of hydrogen-bond donors (Lipinski definition) is 0. The Labute approximate surface area is 90.5 Å². The quantitative estimate of drug-likeness (QED) is 0.510. The van der Waals surface area contributed by atoms with Gasteiger partial charge in [0.25, 0.3) is 0 Å². The van der Waals surface area contributed by atoms with Crippen LogP contribution in [0.4, 0.5) is 0 Å². The highest BCUT2D eigenvalue weighted by atomic mass is 14.4. The second-order valence-electron chi connectivity index (χ2n) is 5.32. The van der Waals surface area contributed by atoms with Crippen LogP contribution in [0.1, 0.15) is 72.1 Å². The van der Waals surface area contributed by atoms with E-state index in [9.17, 15) is 0 Å². The molecular formula is C14H28. The lowest BCUT2D eigenvalue weighted by atomic mass is 9.66. The smallest absolute Gasteiger partial charge is 0.0360 e. The molecule has 2 rings (SSSR count). The highest BCUT2D eigenvalue weighted by Gasteiger charge is 2.31. The van der Waals surface area contributed by atoms with Crippen molar-refractivity contribution in [2.45, 2.75) is 72.1 Å². The number of rotatable bonds is 0. The van der Waals surface area contributed by atoms with Crippen molar-refractivity contribution in [2.24, 2.45) is 17.8 Å². The first-order valence-electron chi connectivity index (χ1n) is 6.79. The van der Waals surface area contributed by atoms with Gasteiger partial charge in [-0.15, -0.1) is 0 Å². The Morgan fingerprint density at radius 1 is 0.857 bits per heavy atom. The second kappa shape index (κ2) is 6.48. The first-order valence-corrected chi connectivity index (χ1v) is 6.79. The maximum absolute atomic E-state index is 2.47. The first-order chi connectivity index (χ1) is 6.79. The van der Waals surface area contributed by atoms with Crippen molar-refractivity contribution >= 4 is 0 Å². The summed E-state index contributed by atoms with van der Waals surface area (Å²) >= 11 is 0. The summed E-state index contributed by atoms with van der Waals surface area (Å²) in [4.78, 5) is 0. The monoisotopic (exact) mass is 196 g/mol. The van der Waals surface area contributed by atoms with Crippen molar-refractivity contribution in [2.75, 3.05) is 0 Å². The predicted octanol–water partition coefficient (Wildman–Crippen LogP) is 5.03. The molecule has 0 aliphatic heterocycles. The fourth-order valence-electron chi connectivity index (χ4n) is 3.26. The van der Waals surface area contributed by atoms with Crippen molar-refractivity contribution in [1.29, 1.82) is 0 Å². The molecule has 0 bridgehead atoms. The third-order valence-electron chi connectivity index (χ3n) is 3.93. The van der Waals surface area contributed by atoms with E-state index in [1.807, 2.05) is 0 Å². The molecule has 0 aromatic heterocycles. The van der Waals surface area contributed by atoms with Crippen molar-refractivity contribution < 1.29 is 0 Å². The summed E-state index contributed by atoms with van der Waals surface area (Å²) < 4.78 is 0. The molecule has 0 aromatic carbocycles. The zero-order chi connectivity index (χ0) is 10.4. The van der Waals surface area contributed by atoms with Gasteiger partial charge in [0.2, 0.25) is 0 Å². The van der Waals surface area contributed by atoms with E-state index in [1.165, 1.54) is 32.1 Å². The van der Waals surface area contributed by atoms with E-state index < -0.39 is 0 Å². The van der Waals surface area contributed by atoms with Crippen LogP contribution >= 0.6 is 0 Å². The van der Waals surface area contributed by atoms with Gasteiger partial charge in [-0.25, -0.2) is 0 Å². The maximum atomic E-state index is 2.47. The Kier molecular flexibility index (Phi) is 5.59. The Morgan fingerprint density at radius 2 is 1.43 bits per heavy atom. The summed E-state index contributed by atoms with van der Waals surface area (Å²) in [6.07, 6.45) is 12.0. The van der Waals surface area contributed by atoms with Crippen LogP contribution in [0.15, 0.2) is 0 Å². The third kappa shape index (κ3) is 3.29. The predicted molar refractivity (Wildman–Crippen MR) is 64.4 cm³/mol. The molecule has 2 fully saturated rings. The van der Waals surface area contributed by atoms with Crippen LogP contribution in [0.2, 0.25) is 0 Å². The van der Waals surface area contributed by atoms with Crippen LogP contribution in [-0.2, 0) is 0 Å².